The fourth-order valence-electron chi connectivity index (χ4n) is 9.20. The molecule has 2 heteroatoms. The number of furan rings is 1. The Bertz CT molecular complexity index is 2770. The summed E-state index contributed by atoms with van der Waals surface area (Å²) in [4.78, 5) is 2.41. The minimum atomic E-state index is -0.545. The van der Waals surface area contributed by atoms with Gasteiger partial charge in [-0.15, -0.1) is 0 Å². The van der Waals surface area contributed by atoms with Crippen LogP contribution < -0.4 is 4.90 Å². The van der Waals surface area contributed by atoms with Crippen LogP contribution in [0.15, 0.2) is 193 Å². The van der Waals surface area contributed by atoms with E-state index in [9.17, 15) is 0 Å². The van der Waals surface area contributed by atoms with Crippen LogP contribution in [0.5, 0.6) is 0 Å². The van der Waals surface area contributed by atoms with Gasteiger partial charge in [-0.3, -0.25) is 0 Å². The zero-order valence-electron chi connectivity index (χ0n) is 31.5. The third-order valence-corrected chi connectivity index (χ3v) is 11.8. The predicted molar refractivity (Wildman–Crippen MR) is 235 cm³/mol. The second-order valence-corrected chi connectivity index (χ2v) is 14.8. The Hall–Kier alpha value is -6.90. The average molecular weight is 720 g/mol. The highest BCUT2D eigenvalue weighted by Crippen LogP contribution is 2.59. The van der Waals surface area contributed by atoms with Gasteiger partial charge in [-0.2, -0.15) is 0 Å². The van der Waals surface area contributed by atoms with Gasteiger partial charge in [0.05, 0.1) is 5.41 Å². The number of fused-ring (bicyclic) bond motifs is 7. The normalized spacial score (nSPS) is 13.7. The maximum absolute atomic E-state index is 6.97. The third-order valence-electron chi connectivity index (χ3n) is 11.8. The summed E-state index contributed by atoms with van der Waals surface area (Å²) < 4.78 is 6.97. The quantitative estimate of drug-likeness (QED) is 0.145. The first kappa shape index (κ1) is 33.7. The van der Waals surface area contributed by atoms with Crippen molar-refractivity contribution >= 4 is 40.2 Å². The van der Waals surface area contributed by atoms with E-state index in [0.717, 1.165) is 46.8 Å². The van der Waals surface area contributed by atoms with Crippen LogP contribution in [-0.4, -0.2) is 0 Å². The Morgan fingerprint density at radius 3 is 2.04 bits per heavy atom. The smallest absolute Gasteiger partial charge is 0.143 e. The van der Waals surface area contributed by atoms with Crippen LogP contribution in [0, 0.1) is 6.92 Å². The molecule has 0 spiro atoms. The van der Waals surface area contributed by atoms with Crippen molar-refractivity contribution in [3.63, 3.8) is 0 Å². The molecular weight excluding hydrogens is 679 g/mol. The summed E-state index contributed by atoms with van der Waals surface area (Å²) in [5.74, 6) is 1.07. The van der Waals surface area contributed by atoms with Crippen LogP contribution in [-0.2, 0) is 11.8 Å². The maximum atomic E-state index is 6.97. The van der Waals surface area contributed by atoms with Gasteiger partial charge >= 0.3 is 0 Å². The number of rotatable bonds is 8. The lowest BCUT2D eigenvalue weighted by Gasteiger charge is -2.34. The van der Waals surface area contributed by atoms with Crippen molar-refractivity contribution in [3.05, 3.63) is 233 Å². The Morgan fingerprint density at radius 2 is 1.32 bits per heavy atom. The predicted octanol–water partition coefficient (Wildman–Crippen LogP) is 14.4. The second-order valence-electron chi connectivity index (χ2n) is 14.8. The van der Waals surface area contributed by atoms with E-state index in [1.807, 2.05) is 12.2 Å². The number of hydrogen-bond donors (Lipinski definition) is 0. The first-order valence-corrected chi connectivity index (χ1v) is 19.5. The molecule has 56 heavy (non-hydrogen) atoms. The molecule has 1 heterocycles. The number of hydrogen-bond acceptors (Lipinski definition) is 2. The first-order valence-electron chi connectivity index (χ1n) is 19.5. The topological polar surface area (TPSA) is 16.4 Å². The highest BCUT2D eigenvalue weighted by Gasteiger charge is 2.47. The molecule has 1 aromatic heterocycles. The van der Waals surface area contributed by atoms with E-state index in [0.29, 0.717) is 0 Å². The van der Waals surface area contributed by atoms with E-state index in [4.69, 9.17) is 4.42 Å². The van der Waals surface area contributed by atoms with E-state index < -0.39 is 5.41 Å². The molecule has 0 atom stereocenters. The lowest BCUT2D eigenvalue weighted by Crippen LogP contribution is -2.28. The van der Waals surface area contributed by atoms with E-state index >= 15 is 0 Å². The molecule has 2 aliphatic rings. The van der Waals surface area contributed by atoms with E-state index in [2.05, 4.69) is 200 Å². The molecule has 7 aromatic carbocycles. The molecule has 0 fully saturated rings. The van der Waals surface area contributed by atoms with Crippen molar-refractivity contribution in [1.29, 1.82) is 0 Å². The Kier molecular flexibility index (Phi) is 8.26. The molecule has 0 unspecified atom stereocenters. The van der Waals surface area contributed by atoms with Gasteiger partial charge in [0.1, 0.15) is 11.3 Å². The zero-order chi connectivity index (χ0) is 37.6. The number of aryl methyl sites for hydroxylation is 1. The van der Waals surface area contributed by atoms with E-state index in [-0.39, 0.29) is 0 Å². The molecule has 268 valence electrons. The Labute approximate surface area is 329 Å². The highest BCUT2D eigenvalue weighted by molar-refractivity contribution is 6.05. The van der Waals surface area contributed by atoms with E-state index in [1.165, 1.54) is 61.0 Å². The molecule has 0 N–H and O–H groups in total. The summed E-state index contributed by atoms with van der Waals surface area (Å²) in [7, 11) is 0. The van der Waals surface area contributed by atoms with Crippen molar-refractivity contribution in [3.8, 4) is 22.3 Å². The molecule has 0 saturated heterocycles. The fraction of sp³-hybridized carbons (Fsp3) is 0.0741. The number of benzene rings is 7. The summed E-state index contributed by atoms with van der Waals surface area (Å²) in [6.45, 7) is 6.15. The van der Waals surface area contributed by atoms with Gasteiger partial charge in [0.15, 0.2) is 0 Å². The summed E-state index contributed by atoms with van der Waals surface area (Å²) >= 11 is 0. The summed E-state index contributed by atoms with van der Waals surface area (Å²) in [5.41, 5.74) is 17.0. The Balaban J connectivity index is 1.26. The monoisotopic (exact) mass is 719 g/mol. The van der Waals surface area contributed by atoms with Gasteiger partial charge in [0.25, 0.3) is 0 Å². The summed E-state index contributed by atoms with van der Waals surface area (Å²) in [6.07, 6.45) is 12.4. The molecule has 0 amide bonds. The molecule has 0 saturated carbocycles. The molecular formula is C54H41NO. The van der Waals surface area contributed by atoms with Crippen LogP contribution >= 0.6 is 0 Å². The van der Waals surface area contributed by atoms with Crippen LogP contribution in [0.2, 0.25) is 0 Å². The largest absolute Gasteiger partial charge is 0.460 e. The van der Waals surface area contributed by atoms with Crippen molar-refractivity contribution in [1.82, 2.24) is 0 Å². The van der Waals surface area contributed by atoms with Gasteiger partial charge in [0, 0.05) is 40.0 Å². The van der Waals surface area contributed by atoms with Crippen molar-refractivity contribution in [2.75, 3.05) is 4.90 Å². The minimum absolute atomic E-state index is 0.545. The molecule has 0 radical (unpaired) electrons. The zero-order valence-corrected chi connectivity index (χ0v) is 31.5. The Morgan fingerprint density at radius 1 is 0.661 bits per heavy atom. The summed E-state index contributed by atoms with van der Waals surface area (Å²) in [5, 5.41) is 1.17. The molecule has 0 bridgehead atoms. The van der Waals surface area contributed by atoms with Crippen molar-refractivity contribution in [2.24, 2.45) is 0 Å². The molecule has 2 nitrogen and oxygen atoms in total. The van der Waals surface area contributed by atoms with Crippen molar-refractivity contribution in [2.45, 2.75) is 25.2 Å². The molecule has 8 aromatic rings. The molecule has 2 aliphatic carbocycles. The average Bonchev–Trinajstić information content (AvgIpc) is 3.79. The standard InChI is InChI=1S/C54H41NO/c1-3-4-17-38-20-16-26-50(37(38)2)55(43-30-28-40(29-31-43)39-18-8-5-9-19-39)44-32-34-48-47(36-44)52-49(35-33-46-45-25-14-15-27-51(45)56-53(46)52)54(48,41-21-10-6-11-22-41)42-23-12-7-13-24-42/h3-14,16-26,28-36H,1,15,27H2,2H3/b17-4-. The maximum Gasteiger partial charge on any atom is 0.143 e. The van der Waals surface area contributed by atoms with Gasteiger partial charge in [0.2, 0.25) is 0 Å². The molecule has 0 aliphatic heterocycles. The molecule has 10 rings (SSSR count). The van der Waals surface area contributed by atoms with E-state index in [1.54, 1.807) is 0 Å². The second kappa shape index (κ2) is 13.7. The van der Waals surface area contributed by atoms with Crippen molar-refractivity contribution < 1.29 is 4.42 Å². The van der Waals surface area contributed by atoms with Gasteiger partial charge in [-0.05, 0) is 93.7 Å². The highest BCUT2D eigenvalue weighted by atomic mass is 16.3. The minimum Gasteiger partial charge on any atom is -0.460 e. The van der Waals surface area contributed by atoms with Gasteiger partial charge in [-0.25, -0.2) is 0 Å². The summed E-state index contributed by atoms with van der Waals surface area (Å²) in [6, 6.07) is 59.9. The third kappa shape index (κ3) is 5.25. The van der Waals surface area contributed by atoms with Crippen LogP contribution in [0.1, 0.15) is 51.1 Å². The number of nitrogens with zero attached hydrogens (tertiary/aromatic N) is 1. The lowest BCUT2D eigenvalue weighted by atomic mass is 9.67. The van der Waals surface area contributed by atoms with Crippen LogP contribution in [0.4, 0.5) is 17.1 Å². The number of anilines is 3. The van der Waals surface area contributed by atoms with Gasteiger partial charge in [-0.1, -0.05) is 170 Å². The first-order chi connectivity index (χ1) is 27.7. The van der Waals surface area contributed by atoms with Gasteiger partial charge < -0.3 is 9.32 Å². The fourth-order valence-corrected chi connectivity index (χ4v) is 9.20. The van der Waals surface area contributed by atoms with Crippen LogP contribution in [0.25, 0.3) is 45.4 Å². The van der Waals surface area contributed by atoms with Crippen LogP contribution in [0.3, 0.4) is 0 Å². The number of allylic oxidation sites excluding steroid dienone is 3. The SMILES string of the molecule is C=C/C=C\c1cccc(N(c2ccc(-c3ccccc3)cc2)c2ccc3c(c2)-c2c(ccc4c5c(oc24)CCC=C5)C3(c2ccccc2)c2ccccc2)c1C. The lowest BCUT2D eigenvalue weighted by molar-refractivity contribution is 0.547.